The summed E-state index contributed by atoms with van der Waals surface area (Å²) in [6.45, 7) is 3.43. The lowest BCUT2D eigenvalue weighted by Gasteiger charge is -2.21. The summed E-state index contributed by atoms with van der Waals surface area (Å²) in [6.07, 6.45) is 1.47. The van der Waals surface area contributed by atoms with Crippen molar-refractivity contribution < 1.29 is 9.18 Å². The van der Waals surface area contributed by atoms with E-state index in [0.717, 1.165) is 24.9 Å². The average Bonchev–Trinajstić information content (AvgIpc) is 2.41. The van der Waals surface area contributed by atoms with Gasteiger partial charge >= 0.3 is 0 Å². The summed E-state index contributed by atoms with van der Waals surface area (Å²) in [5.74, 6) is -0.112. The Balaban J connectivity index is 2.42. The lowest BCUT2D eigenvalue weighted by molar-refractivity contribution is -0.133. The fraction of sp³-hybridized carbons (Fsp3) is 0.533. The fourth-order valence-corrected chi connectivity index (χ4v) is 1.97. The maximum atomic E-state index is 13.0. The molecule has 0 heterocycles. The van der Waals surface area contributed by atoms with Gasteiger partial charge in [-0.3, -0.25) is 4.79 Å². The van der Waals surface area contributed by atoms with E-state index in [9.17, 15) is 9.18 Å². The molecule has 1 aromatic carbocycles. The molecule has 0 aliphatic rings. The number of carbonyl (C=O) groups is 1. The van der Waals surface area contributed by atoms with E-state index >= 15 is 0 Å². The molecule has 0 saturated heterocycles. The van der Waals surface area contributed by atoms with Crippen LogP contribution in [-0.4, -0.2) is 38.0 Å². The van der Waals surface area contributed by atoms with E-state index in [1.165, 1.54) is 12.1 Å². The number of rotatable bonds is 7. The summed E-state index contributed by atoms with van der Waals surface area (Å²) in [5.41, 5.74) is 0.942. The molecule has 1 rings (SSSR count). The molecule has 0 aliphatic heterocycles. The Labute approximate surface area is 114 Å². The number of halogens is 1. The second-order valence-corrected chi connectivity index (χ2v) is 4.93. The van der Waals surface area contributed by atoms with Crippen LogP contribution in [-0.2, 0) is 11.2 Å². The molecule has 1 atom stereocenters. The Hall–Kier alpha value is -1.42. The van der Waals surface area contributed by atoms with Crippen LogP contribution in [0.4, 0.5) is 4.39 Å². The first-order valence-electron chi connectivity index (χ1n) is 6.68. The summed E-state index contributed by atoms with van der Waals surface area (Å²) >= 11 is 0. The minimum atomic E-state index is -0.220. The van der Waals surface area contributed by atoms with E-state index < -0.39 is 0 Å². The van der Waals surface area contributed by atoms with Crippen molar-refractivity contribution >= 4 is 5.91 Å². The highest BCUT2D eigenvalue weighted by atomic mass is 19.1. The number of hydrogen-bond acceptors (Lipinski definition) is 2. The zero-order chi connectivity index (χ0) is 14.3. The van der Waals surface area contributed by atoms with E-state index in [1.54, 1.807) is 11.0 Å². The first-order chi connectivity index (χ1) is 9.04. The van der Waals surface area contributed by atoms with Gasteiger partial charge in [-0.2, -0.15) is 0 Å². The molecule has 1 aromatic rings. The number of aryl methyl sites for hydroxylation is 1. The minimum absolute atomic E-state index is 0.0369. The van der Waals surface area contributed by atoms with Gasteiger partial charge < -0.3 is 10.2 Å². The van der Waals surface area contributed by atoms with Crippen LogP contribution in [0.1, 0.15) is 18.9 Å². The van der Waals surface area contributed by atoms with Gasteiger partial charge in [0.25, 0.3) is 0 Å². The molecule has 0 spiro atoms. The maximum absolute atomic E-state index is 13.0. The number of carbonyl (C=O) groups excluding carboxylic acids is 1. The van der Waals surface area contributed by atoms with Crippen LogP contribution in [0, 0.1) is 11.7 Å². The van der Waals surface area contributed by atoms with Crippen molar-refractivity contribution in [2.24, 2.45) is 5.92 Å². The van der Waals surface area contributed by atoms with E-state index in [2.05, 4.69) is 5.32 Å². The largest absolute Gasteiger partial charge is 0.344 e. The minimum Gasteiger partial charge on any atom is -0.344 e. The molecule has 0 bridgehead atoms. The summed E-state index contributed by atoms with van der Waals surface area (Å²) in [5, 5.41) is 3.02. The van der Waals surface area contributed by atoms with Crippen molar-refractivity contribution in [1.82, 2.24) is 10.2 Å². The molecular weight excluding hydrogens is 243 g/mol. The molecular formula is C15H23FN2O. The van der Waals surface area contributed by atoms with Crippen LogP contribution < -0.4 is 5.32 Å². The van der Waals surface area contributed by atoms with Crippen LogP contribution in [0.15, 0.2) is 24.3 Å². The smallest absolute Gasteiger partial charge is 0.225 e. The first kappa shape index (κ1) is 15.6. The Morgan fingerprint density at radius 1 is 1.47 bits per heavy atom. The molecule has 0 aromatic heterocycles. The molecule has 1 amide bonds. The van der Waals surface area contributed by atoms with Crippen molar-refractivity contribution in [2.45, 2.75) is 19.8 Å². The zero-order valence-corrected chi connectivity index (χ0v) is 11.9. The fourth-order valence-electron chi connectivity index (χ4n) is 1.97. The third-order valence-corrected chi connectivity index (χ3v) is 3.25. The Morgan fingerprint density at radius 3 is 2.84 bits per heavy atom. The molecule has 0 aliphatic carbocycles. The van der Waals surface area contributed by atoms with E-state index in [4.69, 9.17) is 0 Å². The third-order valence-electron chi connectivity index (χ3n) is 3.25. The van der Waals surface area contributed by atoms with Crippen molar-refractivity contribution in [1.29, 1.82) is 0 Å². The van der Waals surface area contributed by atoms with Gasteiger partial charge in [0.2, 0.25) is 5.91 Å². The molecule has 106 valence electrons. The Bertz CT molecular complexity index is 409. The van der Waals surface area contributed by atoms with Gasteiger partial charge in [-0.25, -0.2) is 4.39 Å². The lowest BCUT2D eigenvalue weighted by Crippen LogP contribution is -2.36. The Morgan fingerprint density at radius 2 is 2.21 bits per heavy atom. The summed E-state index contributed by atoms with van der Waals surface area (Å²) in [6, 6.07) is 6.56. The van der Waals surface area contributed by atoms with Gasteiger partial charge in [-0.15, -0.1) is 0 Å². The van der Waals surface area contributed by atoms with Crippen LogP contribution in [0.2, 0.25) is 0 Å². The van der Waals surface area contributed by atoms with Crippen molar-refractivity contribution in [3.8, 4) is 0 Å². The summed E-state index contributed by atoms with van der Waals surface area (Å²) in [7, 11) is 3.68. The van der Waals surface area contributed by atoms with Crippen molar-refractivity contribution in [2.75, 3.05) is 27.2 Å². The van der Waals surface area contributed by atoms with Crippen molar-refractivity contribution in [3.05, 3.63) is 35.6 Å². The summed E-state index contributed by atoms with van der Waals surface area (Å²) < 4.78 is 13.0. The second-order valence-electron chi connectivity index (χ2n) is 4.93. The topological polar surface area (TPSA) is 32.3 Å². The molecule has 1 N–H and O–H groups in total. The predicted molar refractivity (Wildman–Crippen MR) is 75.4 cm³/mol. The van der Waals surface area contributed by atoms with E-state index in [-0.39, 0.29) is 17.6 Å². The summed E-state index contributed by atoms with van der Waals surface area (Å²) in [4.78, 5) is 13.8. The number of amides is 1. The number of nitrogens with zero attached hydrogens (tertiary/aromatic N) is 1. The number of likely N-dealkylation sites (N-methyl/N-ethyl adjacent to an activating group) is 2. The molecule has 0 radical (unpaired) electrons. The molecule has 0 fully saturated rings. The van der Waals surface area contributed by atoms with Gasteiger partial charge in [-0.05, 0) is 37.6 Å². The number of hydrogen-bond donors (Lipinski definition) is 1. The second kappa shape index (κ2) is 7.89. The Kier molecular flexibility index (Phi) is 6.50. The first-order valence-corrected chi connectivity index (χ1v) is 6.68. The van der Waals surface area contributed by atoms with Gasteiger partial charge in [0, 0.05) is 26.1 Å². The van der Waals surface area contributed by atoms with Gasteiger partial charge in [0.1, 0.15) is 5.82 Å². The van der Waals surface area contributed by atoms with Gasteiger partial charge in [0.05, 0.1) is 0 Å². The highest BCUT2D eigenvalue weighted by molar-refractivity contribution is 5.78. The third kappa shape index (κ3) is 5.39. The molecule has 4 heteroatoms. The highest BCUT2D eigenvalue weighted by Gasteiger charge is 2.16. The number of nitrogens with one attached hydrogen (secondary N) is 1. The SMILES string of the molecule is CNCCN(C)C(=O)C(C)CCc1cccc(F)c1. The monoisotopic (exact) mass is 266 g/mol. The predicted octanol–water partition coefficient (Wildman–Crippen LogP) is 2.07. The van der Waals surface area contributed by atoms with Crippen molar-refractivity contribution in [3.63, 3.8) is 0 Å². The molecule has 3 nitrogen and oxygen atoms in total. The van der Waals surface area contributed by atoms with Gasteiger partial charge in [0.15, 0.2) is 0 Å². The average molecular weight is 266 g/mol. The molecule has 19 heavy (non-hydrogen) atoms. The maximum Gasteiger partial charge on any atom is 0.225 e. The lowest BCUT2D eigenvalue weighted by atomic mass is 10.00. The number of benzene rings is 1. The van der Waals surface area contributed by atoms with Crippen LogP contribution >= 0.6 is 0 Å². The van der Waals surface area contributed by atoms with Crippen LogP contribution in [0.5, 0.6) is 0 Å². The normalized spacial score (nSPS) is 12.2. The zero-order valence-electron chi connectivity index (χ0n) is 11.9. The van der Waals surface area contributed by atoms with E-state index in [0.29, 0.717) is 6.54 Å². The van der Waals surface area contributed by atoms with E-state index in [1.807, 2.05) is 27.1 Å². The standard InChI is InChI=1S/C15H23FN2O/c1-12(15(19)18(3)10-9-17-2)7-8-13-5-4-6-14(16)11-13/h4-6,11-12,17H,7-10H2,1-3H3. The van der Waals surface area contributed by atoms with Gasteiger partial charge in [-0.1, -0.05) is 19.1 Å². The van der Waals surface area contributed by atoms with Crippen LogP contribution in [0.3, 0.4) is 0 Å². The quantitative estimate of drug-likeness (QED) is 0.819. The molecule has 1 unspecified atom stereocenters. The highest BCUT2D eigenvalue weighted by Crippen LogP contribution is 2.12. The van der Waals surface area contributed by atoms with Crippen LogP contribution in [0.25, 0.3) is 0 Å². The molecule has 0 saturated carbocycles.